The van der Waals surface area contributed by atoms with Crippen LogP contribution in [0.4, 0.5) is 29.3 Å². The Morgan fingerprint density at radius 1 is 1.19 bits per heavy atom. The molecule has 1 spiro atoms. The summed E-state index contributed by atoms with van der Waals surface area (Å²) in [7, 11) is 0. The van der Waals surface area contributed by atoms with Crippen LogP contribution in [0.5, 0.6) is 0 Å². The number of anilines is 2. The van der Waals surface area contributed by atoms with Crippen LogP contribution in [0, 0.1) is 0 Å². The summed E-state index contributed by atoms with van der Waals surface area (Å²) in [6.07, 6.45) is 3.98. The summed E-state index contributed by atoms with van der Waals surface area (Å²) in [5.74, 6) is -0.693. The van der Waals surface area contributed by atoms with Crippen LogP contribution < -0.4 is 10.2 Å². The Balaban J connectivity index is 1.60. The number of imide groups is 1. The molecule has 1 aromatic heterocycles. The fourth-order valence-corrected chi connectivity index (χ4v) is 4.13. The molecule has 4 rings (SSSR count). The fraction of sp³-hybridized carbons (Fsp3) is 0.300. The van der Waals surface area contributed by atoms with Crippen molar-refractivity contribution in [3.63, 3.8) is 0 Å². The van der Waals surface area contributed by atoms with E-state index in [1.54, 1.807) is 6.07 Å². The molecule has 0 radical (unpaired) electrons. The van der Waals surface area contributed by atoms with Crippen molar-refractivity contribution < 1.29 is 27.6 Å². The molecule has 0 bridgehead atoms. The predicted octanol–water partition coefficient (Wildman–Crippen LogP) is 4.15. The molecular formula is C20H17F3N4O3S. The van der Waals surface area contributed by atoms with Crippen LogP contribution in [0.3, 0.4) is 0 Å². The second-order valence-electron chi connectivity index (χ2n) is 7.30. The number of carbonyl (C=O) groups excluding carboxylic acids is 3. The molecule has 4 amide bonds. The first-order valence-electron chi connectivity index (χ1n) is 9.33. The zero-order valence-electron chi connectivity index (χ0n) is 16.3. The Kier molecular flexibility index (Phi) is 5.16. The number of urea groups is 1. The molecule has 1 aromatic carbocycles. The van der Waals surface area contributed by atoms with Crippen molar-refractivity contribution in [2.45, 2.75) is 42.3 Å². The van der Waals surface area contributed by atoms with Gasteiger partial charge in [-0.25, -0.2) is 9.69 Å². The summed E-state index contributed by atoms with van der Waals surface area (Å²) in [4.78, 5) is 44.1. The van der Waals surface area contributed by atoms with E-state index in [1.165, 1.54) is 48.5 Å². The van der Waals surface area contributed by atoms with Crippen molar-refractivity contribution in [1.82, 2.24) is 9.88 Å². The van der Waals surface area contributed by atoms with Gasteiger partial charge in [0.2, 0.25) is 5.91 Å². The smallest absolute Gasteiger partial charge is 0.325 e. The lowest BCUT2D eigenvalue weighted by Crippen LogP contribution is -2.36. The van der Waals surface area contributed by atoms with E-state index in [0.29, 0.717) is 24.1 Å². The van der Waals surface area contributed by atoms with Gasteiger partial charge in [-0.1, -0.05) is 0 Å². The third kappa shape index (κ3) is 4.09. The molecule has 0 atom stereocenters. The number of rotatable bonds is 5. The molecule has 2 aliphatic rings. The molecular weight excluding hydrogens is 433 g/mol. The fourth-order valence-electron chi connectivity index (χ4n) is 3.59. The Hall–Kier alpha value is -3.08. The van der Waals surface area contributed by atoms with Gasteiger partial charge in [0.05, 0.1) is 24.1 Å². The van der Waals surface area contributed by atoms with E-state index in [-0.39, 0.29) is 34.8 Å². The number of benzene rings is 1. The number of halogens is 3. The summed E-state index contributed by atoms with van der Waals surface area (Å²) < 4.78 is 37.7. The summed E-state index contributed by atoms with van der Waals surface area (Å²) >= 11 is -0.265. The SMILES string of the molecule is CC(=O)Nc1cnccc1CN1C(=O)N(c2ccc(SC(F)(F)F)cc2)C(=O)C12CC2. The number of nitrogens with one attached hydrogen (secondary N) is 1. The van der Waals surface area contributed by atoms with Crippen molar-refractivity contribution in [3.8, 4) is 0 Å². The molecule has 1 saturated heterocycles. The van der Waals surface area contributed by atoms with Gasteiger partial charge in [-0.3, -0.25) is 14.6 Å². The van der Waals surface area contributed by atoms with Crippen LogP contribution in [0.1, 0.15) is 25.3 Å². The number of amides is 4. The Morgan fingerprint density at radius 2 is 1.87 bits per heavy atom. The molecule has 1 aliphatic carbocycles. The maximum absolute atomic E-state index is 13.2. The molecule has 1 aliphatic heterocycles. The van der Waals surface area contributed by atoms with Crippen LogP contribution in [0.25, 0.3) is 0 Å². The van der Waals surface area contributed by atoms with Crippen molar-refractivity contribution in [1.29, 1.82) is 0 Å². The van der Waals surface area contributed by atoms with Gasteiger partial charge in [-0.15, -0.1) is 0 Å². The average Bonchev–Trinajstić information content (AvgIpc) is 3.45. The van der Waals surface area contributed by atoms with Gasteiger partial charge < -0.3 is 10.2 Å². The van der Waals surface area contributed by atoms with E-state index in [1.807, 2.05) is 0 Å². The lowest BCUT2D eigenvalue weighted by molar-refractivity contribution is -0.121. The van der Waals surface area contributed by atoms with Crippen LogP contribution in [-0.2, 0) is 16.1 Å². The minimum Gasteiger partial charge on any atom is -0.325 e. The number of hydrogen-bond donors (Lipinski definition) is 1. The highest BCUT2D eigenvalue weighted by Gasteiger charge is 2.65. The van der Waals surface area contributed by atoms with Crippen LogP contribution in [0.2, 0.25) is 0 Å². The van der Waals surface area contributed by atoms with Gasteiger partial charge in [0.25, 0.3) is 5.91 Å². The van der Waals surface area contributed by atoms with Crippen molar-refractivity contribution in [3.05, 3.63) is 48.3 Å². The molecule has 2 aromatic rings. The highest BCUT2D eigenvalue weighted by molar-refractivity contribution is 8.00. The topological polar surface area (TPSA) is 82.6 Å². The third-order valence-corrected chi connectivity index (χ3v) is 5.88. The molecule has 11 heteroatoms. The van der Waals surface area contributed by atoms with Gasteiger partial charge >= 0.3 is 11.5 Å². The van der Waals surface area contributed by atoms with Gasteiger partial charge in [0.15, 0.2) is 0 Å². The molecule has 1 N–H and O–H groups in total. The van der Waals surface area contributed by atoms with E-state index in [4.69, 9.17) is 0 Å². The summed E-state index contributed by atoms with van der Waals surface area (Å²) in [6, 6.07) is 6.23. The zero-order chi connectivity index (χ0) is 22.4. The summed E-state index contributed by atoms with van der Waals surface area (Å²) in [6.45, 7) is 1.44. The number of pyridine rings is 1. The van der Waals surface area contributed by atoms with Gasteiger partial charge in [-0.05, 0) is 60.5 Å². The maximum Gasteiger partial charge on any atom is 0.446 e. The Labute approximate surface area is 179 Å². The summed E-state index contributed by atoms with van der Waals surface area (Å²) in [5, 5.41) is 2.66. The maximum atomic E-state index is 13.2. The van der Waals surface area contributed by atoms with Crippen molar-refractivity contribution in [2.24, 2.45) is 0 Å². The molecule has 2 fully saturated rings. The van der Waals surface area contributed by atoms with Crippen molar-refractivity contribution in [2.75, 3.05) is 10.2 Å². The number of hydrogen-bond acceptors (Lipinski definition) is 5. The molecule has 1 saturated carbocycles. The van der Waals surface area contributed by atoms with Gasteiger partial charge in [0, 0.05) is 18.0 Å². The number of nitrogens with zero attached hydrogens (tertiary/aromatic N) is 3. The first kappa shape index (κ1) is 21.2. The van der Waals surface area contributed by atoms with E-state index >= 15 is 0 Å². The second-order valence-corrected chi connectivity index (χ2v) is 8.44. The second kappa shape index (κ2) is 7.56. The van der Waals surface area contributed by atoms with Crippen molar-refractivity contribution >= 4 is 41.0 Å². The van der Waals surface area contributed by atoms with E-state index in [2.05, 4.69) is 10.3 Å². The summed E-state index contributed by atoms with van der Waals surface area (Å²) in [5.41, 5.74) is -4.11. The molecule has 2 heterocycles. The Morgan fingerprint density at radius 3 is 2.45 bits per heavy atom. The average molecular weight is 450 g/mol. The number of aromatic nitrogens is 1. The quantitative estimate of drug-likeness (QED) is 0.547. The van der Waals surface area contributed by atoms with E-state index in [0.717, 1.165) is 4.90 Å². The van der Waals surface area contributed by atoms with Gasteiger partial charge in [-0.2, -0.15) is 13.2 Å². The van der Waals surface area contributed by atoms with Crippen LogP contribution in [0.15, 0.2) is 47.6 Å². The normalized spacial score (nSPS) is 17.4. The van der Waals surface area contributed by atoms with E-state index in [9.17, 15) is 27.6 Å². The number of thioether (sulfide) groups is 1. The first-order valence-corrected chi connectivity index (χ1v) is 10.1. The minimum absolute atomic E-state index is 0.0370. The predicted molar refractivity (Wildman–Crippen MR) is 107 cm³/mol. The lowest BCUT2D eigenvalue weighted by Gasteiger charge is -2.22. The zero-order valence-corrected chi connectivity index (χ0v) is 17.1. The number of alkyl halides is 3. The van der Waals surface area contributed by atoms with Gasteiger partial charge in [0.1, 0.15) is 5.54 Å². The third-order valence-electron chi connectivity index (χ3n) is 5.14. The molecule has 31 heavy (non-hydrogen) atoms. The lowest BCUT2D eigenvalue weighted by atomic mass is 10.1. The largest absolute Gasteiger partial charge is 0.446 e. The van der Waals surface area contributed by atoms with Crippen LogP contribution in [-0.4, -0.2) is 38.8 Å². The standard InChI is InChI=1S/C20H17F3N4O3S/c1-12(28)25-16-10-24-9-6-13(16)11-26-18(30)27(17(29)19(26)7-8-19)14-2-4-15(5-3-14)31-20(21,22)23/h2-6,9-10H,7-8,11H2,1H3,(H,25,28). The first-order chi connectivity index (χ1) is 14.6. The molecule has 7 nitrogen and oxygen atoms in total. The highest BCUT2D eigenvalue weighted by atomic mass is 32.2. The van der Waals surface area contributed by atoms with Crippen LogP contribution >= 0.6 is 11.8 Å². The molecule has 0 unspecified atom stereocenters. The number of carbonyl (C=O) groups is 3. The Bertz CT molecular complexity index is 1050. The van der Waals surface area contributed by atoms with E-state index < -0.39 is 23.0 Å². The molecule has 162 valence electrons. The highest BCUT2D eigenvalue weighted by Crippen LogP contribution is 2.50. The minimum atomic E-state index is -4.42. The monoisotopic (exact) mass is 450 g/mol.